The van der Waals surface area contributed by atoms with Gasteiger partial charge in [-0.05, 0) is 41.1 Å². The van der Waals surface area contributed by atoms with Gasteiger partial charge < -0.3 is 15.2 Å². The van der Waals surface area contributed by atoms with Crippen LogP contribution < -0.4 is 10.1 Å². The Morgan fingerprint density at radius 1 is 1.45 bits per heavy atom. The fourth-order valence-electron chi connectivity index (χ4n) is 1.30. The summed E-state index contributed by atoms with van der Waals surface area (Å²) in [5.41, 5.74) is 0. The van der Waals surface area contributed by atoms with E-state index in [1.165, 1.54) is 32.0 Å². The minimum Gasteiger partial charge on any atom is -0.481 e. The molecule has 0 saturated carbocycles. The average Bonchev–Trinajstić information content (AvgIpc) is 2.38. The number of ether oxygens (including phenoxy) is 1. The summed E-state index contributed by atoms with van der Waals surface area (Å²) < 4.78 is 18.7. The van der Waals surface area contributed by atoms with Gasteiger partial charge >= 0.3 is 5.97 Å². The van der Waals surface area contributed by atoms with Gasteiger partial charge in [-0.2, -0.15) is 0 Å². The highest BCUT2D eigenvalue weighted by atomic mass is 79.9. The maximum absolute atomic E-state index is 12.9. The maximum atomic E-state index is 12.9. The molecule has 0 radical (unpaired) electrons. The first-order valence-electron chi connectivity index (χ1n) is 5.93. The first-order valence-corrected chi connectivity index (χ1v) is 6.72. The Bertz CT molecular complexity index is 509. The van der Waals surface area contributed by atoms with E-state index >= 15 is 0 Å². The summed E-state index contributed by atoms with van der Waals surface area (Å²) in [5.74, 6) is -2.19. The van der Waals surface area contributed by atoms with Crippen molar-refractivity contribution >= 4 is 27.8 Å². The van der Waals surface area contributed by atoms with Crippen molar-refractivity contribution in [1.29, 1.82) is 0 Å². The van der Waals surface area contributed by atoms with Crippen LogP contribution in [0.4, 0.5) is 4.39 Å². The third-order valence-corrected chi connectivity index (χ3v) is 3.19. The molecular weight excluding hydrogens is 333 g/mol. The number of halogens is 2. The van der Waals surface area contributed by atoms with Gasteiger partial charge in [0.2, 0.25) is 0 Å². The summed E-state index contributed by atoms with van der Waals surface area (Å²) in [6.45, 7) is 3.04. The van der Waals surface area contributed by atoms with Crippen molar-refractivity contribution in [3.05, 3.63) is 28.5 Å². The molecule has 1 aromatic rings. The van der Waals surface area contributed by atoms with Crippen molar-refractivity contribution in [3.8, 4) is 5.75 Å². The number of benzene rings is 1. The van der Waals surface area contributed by atoms with Crippen molar-refractivity contribution < 1.29 is 23.8 Å². The van der Waals surface area contributed by atoms with E-state index < -0.39 is 29.7 Å². The predicted octanol–water partition coefficient (Wildman–Crippen LogP) is 2.19. The van der Waals surface area contributed by atoms with Gasteiger partial charge in [-0.3, -0.25) is 9.59 Å². The Morgan fingerprint density at radius 2 is 2.10 bits per heavy atom. The Labute approximate surface area is 124 Å². The summed E-state index contributed by atoms with van der Waals surface area (Å²) in [4.78, 5) is 22.4. The van der Waals surface area contributed by atoms with Crippen LogP contribution in [0.15, 0.2) is 22.7 Å². The Kier molecular flexibility index (Phi) is 5.94. The van der Waals surface area contributed by atoms with Gasteiger partial charge in [0, 0.05) is 6.54 Å². The van der Waals surface area contributed by atoms with Crippen molar-refractivity contribution in [1.82, 2.24) is 5.32 Å². The molecule has 0 bridgehead atoms. The molecular formula is C13H15BrFNO4. The summed E-state index contributed by atoms with van der Waals surface area (Å²) in [5, 5.41) is 11.2. The van der Waals surface area contributed by atoms with Gasteiger partial charge in [-0.1, -0.05) is 6.92 Å². The first-order chi connectivity index (χ1) is 9.31. The zero-order chi connectivity index (χ0) is 15.3. The van der Waals surface area contributed by atoms with E-state index in [-0.39, 0.29) is 6.54 Å². The Morgan fingerprint density at radius 3 is 2.65 bits per heavy atom. The van der Waals surface area contributed by atoms with E-state index in [0.29, 0.717) is 10.2 Å². The molecule has 5 nitrogen and oxygen atoms in total. The van der Waals surface area contributed by atoms with E-state index in [9.17, 15) is 14.0 Å². The number of hydrogen-bond donors (Lipinski definition) is 2. The molecule has 20 heavy (non-hydrogen) atoms. The molecule has 2 unspecified atom stereocenters. The topological polar surface area (TPSA) is 75.6 Å². The van der Waals surface area contributed by atoms with E-state index in [1.54, 1.807) is 0 Å². The summed E-state index contributed by atoms with van der Waals surface area (Å²) >= 11 is 3.13. The molecule has 110 valence electrons. The van der Waals surface area contributed by atoms with Crippen LogP contribution in [-0.4, -0.2) is 29.6 Å². The molecule has 7 heteroatoms. The molecule has 0 heterocycles. The second kappa shape index (κ2) is 7.23. The smallest absolute Gasteiger partial charge is 0.308 e. The highest BCUT2D eigenvalue weighted by Gasteiger charge is 2.18. The standard InChI is InChI=1S/C13H15BrFNO4/c1-7(13(18)19)6-16-12(17)8(2)20-11-4-3-9(15)5-10(11)14/h3-5,7-8H,6H2,1-2H3,(H,16,17)(H,18,19). The van der Waals surface area contributed by atoms with Crippen molar-refractivity contribution in [2.45, 2.75) is 20.0 Å². The normalized spacial score (nSPS) is 13.4. The van der Waals surface area contributed by atoms with Gasteiger partial charge in [0.1, 0.15) is 11.6 Å². The molecule has 0 aliphatic heterocycles. The van der Waals surface area contributed by atoms with Crippen molar-refractivity contribution in [3.63, 3.8) is 0 Å². The highest BCUT2D eigenvalue weighted by Crippen LogP contribution is 2.26. The van der Waals surface area contributed by atoms with Crippen molar-refractivity contribution in [2.24, 2.45) is 5.92 Å². The van der Waals surface area contributed by atoms with Crippen LogP contribution in [0.25, 0.3) is 0 Å². The number of carbonyl (C=O) groups excluding carboxylic acids is 1. The second-order valence-electron chi connectivity index (χ2n) is 4.32. The monoisotopic (exact) mass is 347 g/mol. The fourth-order valence-corrected chi connectivity index (χ4v) is 1.74. The van der Waals surface area contributed by atoms with Crippen LogP contribution in [0.5, 0.6) is 5.75 Å². The second-order valence-corrected chi connectivity index (χ2v) is 5.17. The lowest BCUT2D eigenvalue weighted by molar-refractivity contribution is -0.141. The number of carboxylic acid groups (broad SMARTS) is 1. The number of nitrogens with one attached hydrogen (secondary N) is 1. The SMILES string of the molecule is CC(CNC(=O)C(C)Oc1ccc(F)cc1Br)C(=O)O. The molecule has 0 aliphatic carbocycles. The minimum absolute atomic E-state index is 0.0203. The van der Waals surface area contributed by atoms with Crippen LogP contribution in [-0.2, 0) is 9.59 Å². The van der Waals surface area contributed by atoms with E-state index in [1.807, 2.05) is 0 Å². The van der Waals surface area contributed by atoms with Crippen LogP contribution >= 0.6 is 15.9 Å². The lowest BCUT2D eigenvalue weighted by Gasteiger charge is -2.16. The molecule has 1 aromatic carbocycles. The molecule has 2 atom stereocenters. The molecule has 1 rings (SSSR count). The molecule has 0 saturated heterocycles. The zero-order valence-electron chi connectivity index (χ0n) is 11.0. The minimum atomic E-state index is -0.986. The number of carbonyl (C=O) groups is 2. The van der Waals surface area contributed by atoms with Gasteiger partial charge in [0.15, 0.2) is 6.10 Å². The number of aliphatic carboxylic acids is 1. The third-order valence-electron chi connectivity index (χ3n) is 2.57. The maximum Gasteiger partial charge on any atom is 0.308 e. The molecule has 0 spiro atoms. The Balaban J connectivity index is 2.55. The summed E-state index contributed by atoms with van der Waals surface area (Å²) in [6.07, 6.45) is -0.822. The van der Waals surface area contributed by atoms with Crippen LogP contribution in [0.1, 0.15) is 13.8 Å². The lowest BCUT2D eigenvalue weighted by Crippen LogP contribution is -2.39. The zero-order valence-corrected chi connectivity index (χ0v) is 12.6. The van der Waals surface area contributed by atoms with E-state index in [2.05, 4.69) is 21.2 Å². The summed E-state index contributed by atoms with van der Waals surface area (Å²) in [6, 6.07) is 3.85. The predicted molar refractivity (Wildman–Crippen MR) is 74.0 cm³/mol. The highest BCUT2D eigenvalue weighted by molar-refractivity contribution is 9.10. The van der Waals surface area contributed by atoms with Crippen LogP contribution in [0, 0.1) is 11.7 Å². The van der Waals surface area contributed by atoms with Gasteiger partial charge in [-0.15, -0.1) is 0 Å². The van der Waals surface area contributed by atoms with Crippen molar-refractivity contribution in [2.75, 3.05) is 6.54 Å². The molecule has 0 aromatic heterocycles. The lowest BCUT2D eigenvalue weighted by atomic mass is 10.2. The number of hydrogen-bond acceptors (Lipinski definition) is 3. The van der Waals surface area contributed by atoms with Gasteiger partial charge in [-0.25, -0.2) is 4.39 Å². The molecule has 1 amide bonds. The van der Waals surface area contributed by atoms with Gasteiger partial charge in [0.25, 0.3) is 5.91 Å². The van der Waals surface area contributed by atoms with E-state index in [0.717, 1.165) is 0 Å². The quantitative estimate of drug-likeness (QED) is 0.826. The molecule has 0 fully saturated rings. The summed E-state index contributed by atoms with van der Waals surface area (Å²) in [7, 11) is 0. The fraction of sp³-hybridized carbons (Fsp3) is 0.385. The molecule has 0 aliphatic rings. The largest absolute Gasteiger partial charge is 0.481 e. The van der Waals surface area contributed by atoms with Crippen LogP contribution in [0.3, 0.4) is 0 Å². The Hall–Kier alpha value is -1.63. The van der Waals surface area contributed by atoms with E-state index in [4.69, 9.17) is 9.84 Å². The van der Waals surface area contributed by atoms with Gasteiger partial charge in [0.05, 0.1) is 10.4 Å². The molecule has 2 N–H and O–H groups in total. The third kappa shape index (κ3) is 4.80. The number of rotatable bonds is 6. The average molecular weight is 348 g/mol. The number of carboxylic acids is 1. The first kappa shape index (κ1) is 16.4. The number of amides is 1. The van der Waals surface area contributed by atoms with Crippen LogP contribution in [0.2, 0.25) is 0 Å².